The van der Waals surface area contributed by atoms with Gasteiger partial charge in [-0.2, -0.15) is 0 Å². The second-order valence-electron chi connectivity index (χ2n) is 43.1. The number of allylic oxidation sites excluding steroid dienone is 8. The van der Waals surface area contributed by atoms with E-state index in [1.807, 2.05) is 14.4 Å². The van der Waals surface area contributed by atoms with Crippen molar-refractivity contribution < 1.29 is 45.0 Å². The molecule has 6 aromatic carbocycles. The third-order valence-corrected chi connectivity index (χ3v) is 31.2. The van der Waals surface area contributed by atoms with E-state index in [9.17, 15) is 16.6 Å². The zero-order valence-electron chi connectivity index (χ0n) is 97.3. The Kier molecular flexibility index (Phi) is 79.4. The van der Waals surface area contributed by atoms with Gasteiger partial charge in [0.2, 0.25) is 34.2 Å². The fourth-order valence-electron chi connectivity index (χ4n) is 20.9. The minimum Gasteiger partial charge on any atom is 0 e. The number of hydrogen-bond acceptors (Lipinski definition) is 0. The van der Waals surface area contributed by atoms with Gasteiger partial charge in [0, 0.05) is 105 Å². The van der Waals surface area contributed by atoms with Crippen LogP contribution >= 0.6 is 0 Å². The van der Waals surface area contributed by atoms with Crippen LogP contribution in [0, 0.1) is 23.7 Å². The van der Waals surface area contributed by atoms with Crippen LogP contribution in [-0.2, 0) is 69.5 Å². The summed E-state index contributed by atoms with van der Waals surface area (Å²) < 4.78 is 4.36. The smallest absolute Gasteiger partial charge is 0 e. The zero-order chi connectivity index (χ0) is 106. The maximum Gasteiger partial charge on any atom is 0 e. The molecule has 3 aliphatic heterocycles. The molecule has 3 aliphatic rings. The Morgan fingerprint density at radius 2 is 0.510 bits per heavy atom. The van der Waals surface area contributed by atoms with Crippen LogP contribution in [0.2, 0.25) is 10.8 Å². The van der Waals surface area contributed by atoms with Crippen molar-refractivity contribution in [2.24, 2.45) is 0 Å². The predicted molar refractivity (Wildman–Crippen MR) is 647 cm³/mol. The summed E-state index contributed by atoms with van der Waals surface area (Å²) in [5.74, 6) is 13.9. The van der Waals surface area contributed by atoms with Gasteiger partial charge < -0.3 is 16.6 Å². The first kappa shape index (κ1) is 132. The van der Waals surface area contributed by atoms with Gasteiger partial charge in [-0.15, -0.1) is 23.7 Å². The summed E-state index contributed by atoms with van der Waals surface area (Å²) in [7, 11) is 0. The van der Waals surface area contributed by atoms with Gasteiger partial charge in [-0.1, -0.05) is 493 Å². The number of unbranched alkanes of at least 4 members (excludes halogenated alkanes) is 55. The monoisotopic (exact) mass is 2110 g/mol. The van der Waals surface area contributed by atoms with Crippen molar-refractivity contribution in [1.82, 2.24) is 0 Å². The first-order valence-electron chi connectivity index (χ1n) is 62.4. The van der Waals surface area contributed by atoms with Crippen LogP contribution in [0.5, 0.6) is 0 Å². The number of hydrogen-bond donors (Lipinski definition) is 0. The summed E-state index contributed by atoms with van der Waals surface area (Å²) in [5.41, 5.74) is 58.5. The number of nitrogens with zero attached hydrogens (tertiary/aromatic N) is 6. The van der Waals surface area contributed by atoms with E-state index in [2.05, 4.69) is 276 Å². The molecule has 828 valence electrons. The minimum absolute atomic E-state index is 0. The molecule has 0 aliphatic carbocycles. The van der Waals surface area contributed by atoms with Crippen molar-refractivity contribution in [2.45, 2.75) is 562 Å². The Bertz CT molecular complexity index is 4650. The molecule has 0 saturated heterocycles. The summed E-state index contributed by atoms with van der Waals surface area (Å²) in [4.78, 5) is 0. The summed E-state index contributed by atoms with van der Waals surface area (Å²) in [5, 5.41) is 2.56. The molecule has 149 heavy (non-hydrogen) atoms. The summed E-state index contributed by atoms with van der Waals surface area (Å²) in [6, 6.07) is 52.5. The van der Waals surface area contributed by atoms with Crippen LogP contribution in [0.25, 0.3) is 50.8 Å². The molecular weight excluding hydrogens is 1890 g/mol. The summed E-state index contributed by atoms with van der Waals surface area (Å²) in [6.45, 7) is 24.7. The van der Waals surface area contributed by atoms with Gasteiger partial charge in [-0.05, 0) is 210 Å². The molecule has 0 bridgehead atoms. The minimum atomic E-state index is 0. The van der Waals surface area contributed by atoms with Crippen molar-refractivity contribution in [3.05, 3.63) is 276 Å². The number of benzene rings is 6. The molecule has 6 nitrogen and oxygen atoms in total. The van der Waals surface area contributed by atoms with Crippen LogP contribution in [0.15, 0.2) is 193 Å². The number of rotatable bonds is 81. The van der Waals surface area contributed by atoms with Crippen molar-refractivity contribution in [2.75, 3.05) is 0 Å². The van der Waals surface area contributed by atoms with E-state index in [1.165, 1.54) is 448 Å². The molecule has 8 heteroatoms. The second kappa shape index (κ2) is 89.7. The van der Waals surface area contributed by atoms with E-state index in [0.717, 1.165) is 169 Å². The average molecular weight is 2110 g/mol. The molecule has 3 heterocycles. The molecule has 0 N–H and O–H groups in total. The Morgan fingerprint density at radius 1 is 0.235 bits per heavy atom. The van der Waals surface area contributed by atoms with Gasteiger partial charge in [-0.25, -0.2) is 14.1 Å². The molecule has 0 saturated carbocycles. The van der Waals surface area contributed by atoms with Gasteiger partial charge in [0.1, 0.15) is 0 Å². The molecule has 0 unspecified atom stereocenters. The van der Waals surface area contributed by atoms with Crippen molar-refractivity contribution >= 4 is 34.2 Å². The largest absolute Gasteiger partial charge is 0 e. The maximum atomic E-state index is 11.6. The van der Waals surface area contributed by atoms with E-state index >= 15 is 0 Å². The zero-order valence-corrected chi connectivity index (χ0v) is 99.3. The van der Waals surface area contributed by atoms with Gasteiger partial charge >= 0.3 is 39.1 Å². The quantitative estimate of drug-likeness (QED) is 0.0158. The normalized spacial score (nSPS) is 12.8. The Labute approximate surface area is 934 Å². The van der Waals surface area contributed by atoms with E-state index in [0.29, 0.717) is 0 Å². The first-order valence-corrected chi connectivity index (χ1v) is 63.8. The fraction of sp³-hybridized carbons (Fsp3) is 0.617. The predicted octanol–water partition coefficient (Wildman–Crippen LogP) is 45.9. The molecule has 9 rings (SSSR count). The van der Waals surface area contributed by atoms with Crippen LogP contribution < -0.4 is 0 Å². The standard InChI is InChI=1S/2C47H70N2.C43H64N2.2C2H5.2Ni/c2*1-4-7-10-11-12-13-14-15-16-17-18-19-20-21-22-23-24-25-26-28-32-42-33-29-30-35-45(42)47-44(34-27-8-5-2)40-46(49(47)48)43-38-36-41(37-39-43)31-9-6-3;1-4-7-10-12-14-15-16-17-18-19-20-22-24-29-41-36-42(39-33-31-37(32-34-39)26-9-6-3)45(44)43(41)40-30-25-28-38(35-40)27-23-21-13-11-8-5-2;2*1-2;;/h2*29-30,33,35-40H,4-24,27-28,31-32,34H2,1-3H3;24-25,28-36H,4-23,26-27H2,1-3H3;2*1H2,2H3;;. The van der Waals surface area contributed by atoms with Crippen LogP contribution in [0.1, 0.15) is 580 Å². The van der Waals surface area contributed by atoms with Gasteiger partial charge in [0.05, 0.1) is 5.57 Å². The van der Waals surface area contributed by atoms with E-state index in [4.69, 9.17) is 0 Å². The van der Waals surface area contributed by atoms with Crippen molar-refractivity contribution in [3.8, 4) is 23.7 Å². The van der Waals surface area contributed by atoms with Gasteiger partial charge in [-0.3, -0.25) is 0 Å². The van der Waals surface area contributed by atoms with Gasteiger partial charge in [0.15, 0.2) is 0 Å². The fourth-order valence-corrected chi connectivity index (χ4v) is 21.4. The van der Waals surface area contributed by atoms with E-state index < -0.39 is 0 Å². The maximum absolute atomic E-state index is 11.6. The first-order chi connectivity index (χ1) is 73.0. The molecule has 6 aromatic rings. The number of aryl methyl sites for hydroxylation is 6. The molecule has 0 atom stereocenters. The molecule has 0 amide bonds. The molecule has 0 spiro atoms. The van der Waals surface area contributed by atoms with Crippen LogP contribution in [0.4, 0.5) is 0 Å². The van der Waals surface area contributed by atoms with E-state index in [1.54, 1.807) is 0 Å². The third-order valence-electron chi connectivity index (χ3n) is 30.2. The van der Waals surface area contributed by atoms with Gasteiger partial charge in [0.25, 0.3) is 0 Å². The SMILES string of the molecule is CCCCCCCCCCCCCC=CC1=C(c2cccc(CCCCCCCC)c2)[N+](=[N-])C(c2ccc(CCCC)cc2)=C1.CCCCCCCCCCCCCCCCCCC#CCCc1ccccc1C1=C(CCCCC)C=C(c2ccc(CCCC)cc2)[N+]1=[N-].CCCCCCCCCCCCCCCCCCC#CCCc1ccccc1C1=C(CCCCC)C=C(c2ccc(CCCC)cc2)[N+]1=[N-].C[CH2][Ni][CH2]C.[Ni]. The average Bonchev–Trinajstić information content (AvgIpc) is 1.64. The Hall–Kier alpha value is -7.59. The molecule has 0 aromatic heterocycles. The summed E-state index contributed by atoms with van der Waals surface area (Å²) in [6.07, 6.45) is 106. The van der Waals surface area contributed by atoms with Crippen LogP contribution in [0.3, 0.4) is 0 Å². The molecular formula is C141H214N6Ni2. The van der Waals surface area contributed by atoms with Crippen molar-refractivity contribution in [1.29, 1.82) is 0 Å². The molecule has 0 fully saturated rings. The summed E-state index contributed by atoms with van der Waals surface area (Å²) >= 11 is 1.82. The Balaban J connectivity index is 0.000000382. The van der Waals surface area contributed by atoms with Crippen molar-refractivity contribution in [3.63, 3.8) is 0 Å². The van der Waals surface area contributed by atoms with Crippen LogP contribution in [-0.4, -0.2) is 14.1 Å². The van der Waals surface area contributed by atoms with E-state index in [-0.39, 0.29) is 16.5 Å². The second-order valence-corrected chi connectivity index (χ2v) is 45.0. The topological polar surface area (TPSA) is 75.9 Å². The Morgan fingerprint density at radius 3 is 0.839 bits per heavy atom. The molecule has 0 radical (unpaired) electrons. The third kappa shape index (κ3) is 56.9.